The summed E-state index contributed by atoms with van der Waals surface area (Å²) in [5.74, 6) is -4.29. The molecule has 10 heteroatoms. The van der Waals surface area contributed by atoms with Crippen LogP contribution in [-0.4, -0.2) is 76.3 Å². The Morgan fingerprint density at radius 1 is 1.22 bits per heavy atom. The van der Waals surface area contributed by atoms with Crippen molar-refractivity contribution in [2.75, 3.05) is 47.2 Å². The number of aliphatic hydroxyl groups excluding tert-OH is 1. The lowest BCUT2D eigenvalue weighted by Gasteiger charge is -2.30. The summed E-state index contributed by atoms with van der Waals surface area (Å²) in [4.78, 5) is 12.2. The standard InChI is InChI=1S/C27H44F2N2O6/c1-18(2)20(14-19-6-7-24(35-4)25(15-19)37-11-5-10-34-3)16-22(30)23(32)17-31-26(33)27(28,29)21-8-12-36-13-9-21/h6-7,15,18,20-23,32H,5,8-14,16-17,30H2,1-4H3,(H,31,33). The number of carbonyl (C=O) groups excluding carboxylic acids is 1. The Morgan fingerprint density at radius 3 is 2.54 bits per heavy atom. The van der Waals surface area contributed by atoms with E-state index in [-0.39, 0.29) is 44.4 Å². The van der Waals surface area contributed by atoms with Crippen molar-refractivity contribution in [3.63, 3.8) is 0 Å². The maximum Gasteiger partial charge on any atom is 0.327 e. The lowest BCUT2D eigenvalue weighted by molar-refractivity contribution is -0.160. The molecule has 1 heterocycles. The van der Waals surface area contributed by atoms with Crippen LogP contribution in [0.2, 0.25) is 0 Å². The van der Waals surface area contributed by atoms with Crippen LogP contribution in [0.3, 0.4) is 0 Å². The van der Waals surface area contributed by atoms with E-state index in [1.54, 1.807) is 14.2 Å². The van der Waals surface area contributed by atoms with Crippen LogP contribution in [0, 0.1) is 17.8 Å². The molecule has 8 nitrogen and oxygen atoms in total. The van der Waals surface area contributed by atoms with Crippen molar-refractivity contribution in [2.24, 2.45) is 23.5 Å². The maximum atomic E-state index is 14.5. The third-order valence-corrected chi connectivity index (χ3v) is 7.00. The third-order valence-electron chi connectivity index (χ3n) is 7.00. The fraction of sp³-hybridized carbons (Fsp3) is 0.741. The fourth-order valence-corrected chi connectivity index (χ4v) is 4.46. The van der Waals surface area contributed by atoms with Crippen LogP contribution in [0.25, 0.3) is 0 Å². The largest absolute Gasteiger partial charge is 0.493 e. The summed E-state index contributed by atoms with van der Waals surface area (Å²) in [6.45, 7) is 5.35. The highest BCUT2D eigenvalue weighted by atomic mass is 19.3. The molecule has 1 aromatic carbocycles. The molecular weight excluding hydrogens is 486 g/mol. The molecule has 1 saturated heterocycles. The summed E-state index contributed by atoms with van der Waals surface area (Å²) in [7, 11) is 3.23. The predicted molar refractivity (Wildman–Crippen MR) is 137 cm³/mol. The lowest BCUT2D eigenvalue weighted by atomic mass is 9.83. The van der Waals surface area contributed by atoms with E-state index >= 15 is 0 Å². The van der Waals surface area contributed by atoms with Gasteiger partial charge in [-0.3, -0.25) is 4.79 Å². The highest BCUT2D eigenvalue weighted by molar-refractivity contribution is 5.83. The van der Waals surface area contributed by atoms with Gasteiger partial charge in [0, 0.05) is 51.9 Å². The van der Waals surface area contributed by atoms with Gasteiger partial charge in [0.25, 0.3) is 5.91 Å². The normalized spacial score (nSPS) is 17.3. The summed E-state index contributed by atoms with van der Waals surface area (Å²) >= 11 is 0. The van der Waals surface area contributed by atoms with Crippen molar-refractivity contribution in [1.29, 1.82) is 0 Å². The molecule has 0 bridgehead atoms. The highest BCUT2D eigenvalue weighted by Gasteiger charge is 2.47. The monoisotopic (exact) mass is 530 g/mol. The first-order valence-electron chi connectivity index (χ1n) is 13.1. The van der Waals surface area contributed by atoms with Gasteiger partial charge in [-0.1, -0.05) is 19.9 Å². The van der Waals surface area contributed by atoms with Crippen LogP contribution < -0.4 is 20.5 Å². The zero-order valence-electron chi connectivity index (χ0n) is 22.5. The van der Waals surface area contributed by atoms with Gasteiger partial charge >= 0.3 is 5.92 Å². The molecule has 1 aliphatic rings. The second-order valence-electron chi connectivity index (χ2n) is 10.1. The van der Waals surface area contributed by atoms with Gasteiger partial charge in [0.1, 0.15) is 0 Å². The minimum atomic E-state index is -3.51. The number of rotatable bonds is 16. The van der Waals surface area contributed by atoms with E-state index in [0.29, 0.717) is 37.6 Å². The van der Waals surface area contributed by atoms with Crippen molar-refractivity contribution in [1.82, 2.24) is 5.32 Å². The van der Waals surface area contributed by atoms with Gasteiger partial charge in [-0.2, -0.15) is 8.78 Å². The maximum absolute atomic E-state index is 14.5. The van der Waals surface area contributed by atoms with E-state index in [2.05, 4.69) is 19.2 Å². The molecule has 0 spiro atoms. The van der Waals surface area contributed by atoms with E-state index < -0.39 is 29.9 Å². The molecule has 1 amide bonds. The minimum absolute atomic E-state index is 0.110. The number of methoxy groups -OCH3 is 2. The van der Waals surface area contributed by atoms with Crippen molar-refractivity contribution < 1.29 is 37.6 Å². The number of carbonyl (C=O) groups is 1. The molecule has 2 rings (SSSR count). The van der Waals surface area contributed by atoms with Crippen LogP contribution in [0.4, 0.5) is 8.78 Å². The summed E-state index contributed by atoms with van der Waals surface area (Å²) in [6.07, 6.45) is 1.01. The van der Waals surface area contributed by atoms with Gasteiger partial charge < -0.3 is 35.1 Å². The first-order valence-corrected chi connectivity index (χ1v) is 13.1. The Morgan fingerprint density at radius 2 is 1.92 bits per heavy atom. The number of hydrogen-bond donors (Lipinski definition) is 3. The topological polar surface area (TPSA) is 112 Å². The number of aliphatic hydroxyl groups is 1. The Kier molecular flexibility index (Phi) is 13.0. The van der Waals surface area contributed by atoms with Crippen LogP contribution in [-0.2, 0) is 20.7 Å². The summed E-state index contributed by atoms with van der Waals surface area (Å²) in [5.41, 5.74) is 7.29. The first kappa shape index (κ1) is 31.2. The van der Waals surface area contributed by atoms with E-state index in [0.717, 1.165) is 12.0 Å². The molecule has 212 valence electrons. The third kappa shape index (κ3) is 9.67. The average molecular weight is 531 g/mol. The molecule has 0 radical (unpaired) electrons. The van der Waals surface area contributed by atoms with Gasteiger partial charge in [0.2, 0.25) is 0 Å². The lowest BCUT2D eigenvalue weighted by Crippen LogP contribution is -2.51. The molecule has 0 aliphatic carbocycles. The van der Waals surface area contributed by atoms with Crippen LogP contribution >= 0.6 is 0 Å². The molecule has 1 aliphatic heterocycles. The second kappa shape index (κ2) is 15.4. The average Bonchev–Trinajstić information content (AvgIpc) is 2.89. The van der Waals surface area contributed by atoms with E-state index in [9.17, 15) is 18.7 Å². The Hall–Kier alpha value is -2.01. The number of nitrogens with one attached hydrogen (secondary N) is 1. The number of nitrogens with two attached hydrogens (primary N) is 1. The van der Waals surface area contributed by atoms with Crippen molar-refractivity contribution in [2.45, 2.75) is 64.0 Å². The molecular formula is C27H44F2N2O6. The zero-order chi connectivity index (χ0) is 27.4. The van der Waals surface area contributed by atoms with Crippen LogP contribution in [0.1, 0.15) is 45.1 Å². The molecule has 1 aromatic rings. The fourth-order valence-electron chi connectivity index (χ4n) is 4.46. The quantitative estimate of drug-likeness (QED) is 0.282. The number of benzene rings is 1. The summed E-state index contributed by atoms with van der Waals surface area (Å²) in [6, 6.07) is 5.09. The SMILES string of the molecule is COCCCOc1cc(CC(CC(N)C(O)CNC(=O)C(F)(F)C2CCOCC2)C(C)C)ccc1OC. The molecule has 37 heavy (non-hydrogen) atoms. The minimum Gasteiger partial charge on any atom is -0.493 e. The molecule has 0 saturated carbocycles. The van der Waals surface area contributed by atoms with Gasteiger partial charge in [-0.15, -0.1) is 0 Å². The highest BCUT2D eigenvalue weighted by Crippen LogP contribution is 2.33. The van der Waals surface area contributed by atoms with Gasteiger partial charge in [-0.05, 0) is 55.2 Å². The van der Waals surface area contributed by atoms with Crippen LogP contribution in [0.5, 0.6) is 11.5 Å². The number of amides is 1. The van der Waals surface area contributed by atoms with Gasteiger partial charge in [0.05, 0.1) is 19.8 Å². The smallest absolute Gasteiger partial charge is 0.327 e. The number of hydrogen-bond acceptors (Lipinski definition) is 7. The Balaban J connectivity index is 1.94. The summed E-state index contributed by atoms with van der Waals surface area (Å²) < 4.78 is 50.5. The molecule has 0 aromatic heterocycles. The van der Waals surface area contributed by atoms with Gasteiger partial charge in [0.15, 0.2) is 11.5 Å². The van der Waals surface area contributed by atoms with E-state index in [1.807, 2.05) is 18.2 Å². The second-order valence-corrected chi connectivity index (χ2v) is 10.1. The molecule has 3 atom stereocenters. The van der Waals surface area contributed by atoms with Crippen molar-refractivity contribution >= 4 is 5.91 Å². The molecule has 3 unspecified atom stereocenters. The van der Waals surface area contributed by atoms with Gasteiger partial charge in [-0.25, -0.2) is 0 Å². The number of ether oxygens (including phenoxy) is 4. The van der Waals surface area contributed by atoms with Crippen LogP contribution in [0.15, 0.2) is 18.2 Å². The van der Waals surface area contributed by atoms with Crippen molar-refractivity contribution in [3.8, 4) is 11.5 Å². The Bertz CT molecular complexity index is 820. The summed E-state index contributed by atoms with van der Waals surface area (Å²) in [5, 5.41) is 12.7. The number of alkyl halides is 2. The predicted octanol–water partition coefficient (Wildman–Crippen LogP) is 3.18. The zero-order valence-corrected chi connectivity index (χ0v) is 22.5. The van der Waals surface area contributed by atoms with E-state index in [1.165, 1.54) is 0 Å². The number of halogens is 2. The van der Waals surface area contributed by atoms with Crippen molar-refractivity contribution in [3.05, 3.63) is 23.8 Å². The first-order chi connectivity index (χ1) is 17.6. The van der Waals surface area contributed by atoms with E-state index in [4.69, 9.17) is 24.7 Å². The molecule has 1 fully saturated rings. The Labute approximate surface area is 219 Å². The molecule has 4 N–H and O–H groups in total.